The highest BCUT2D eigenvalue weighted by Crippen LogP contribution is 2.28. The maximum atomic E-state index is 10.4. The van der Waals surface area contributed by atoms with Gasteiger partial charge in [-0.25, -0.2) is 0 Å². The molecule has 40 valence electrons. The van der Waals surface area contributed by atoms with Crippen LogP contribution in [0.1, 0.15) is 13.3 Å². The SMILES string of the molecule is CCC1CSC1=O. The van der Waals surface area contributed by atoms with Crippen molar-refractivity contribution in [2.75, 3.05) is 5.75 Å². The van der Waals surface area contributed by atoms with Crippen LogP contribution in [-0.4, -0.2) is 10.9 Å². The highest BCUT2D eigenvalue weighted by atomic mass is 32.2. The molecular weight excluding hydrogens is 108 g/mol. The molecule has 1 nitrogen and oxygen atoms in total. The highest BCUT2D eigenvalue weighted by molar-refractivity contribution is 8.15. The summed E-state index contributed by atoms with van der Waals surface area (Å²) in [4.78, 5) is 10.4. The van der Waals surface area contributed by atoms with E-state index in [-0.39, 0.29) is 0 Å². The maximum absolute atomic E-state index is 10.4. The Labute approximate surface area is 47.5 Å². The van der Waals surface area contributed by atoms with Gasteiger partial charge < -0.3 is 0 Å². The number of thioether (sulfide) groups is 1. The fraction of sp³-hybridized carbons (Fsp3) is 0.800. The highest BCUT2D eigenvalue weighted by Gasteiger charge is 2.26. The average Bonchev–Trinajstić information content (AvgIpc) is 1.65. The van der Waals surface area contributed by atoms with E-state index in [1.54, 1.807) is 0 Å². The van der Waals surface area contributed by atoms with Crippen LogP contribution in [0.5, 0.6) is 0 Å². The Balaban J connectivity index is 2.29. The smallest absolute Gasteiger partial charge is 0.192 e. The third-order valence-electron chi connectivity index (χ3n) is 1.25. The van der Waals surface area contributed by atoms with E-state index in [1.807, 2.05) is 0 Å². The summed E-state index contributed by atoms with van der Waals surface area (Å²) in [5, 5.41) is 0.391. The van der Waals surface area contributed by atoms with E-state index in [0.717, 1.165) is 12.2 Å². The van der Waals surface area contributed by atoms with Crippen molar-refractivity contribution < 1.29 is 4.79 Å². The van der Waals surface area contributed by atoms with Crippen LogP contribution in [0.25, 0.3) is 0 Å². The van der Waals surface area contributed by atoms with Crippen molar-refractivity contribution in [1.82, 2.24) is 0 Å². The molecule has 0 amide bonds. The van der Waals surface area contributed by atoms with Crippen molar-refractivity contribution in [2.24, 2.45) is 5.92 Å². The Hall–Kier alpha value is 0.0200. The summed E-state index contributed by atoms with van der Waals surface area (Å²) in [7, 11) is 0. The molecule has 0 aromatic carbocycles. The van der Waals surface area contributed by atoms with Crippen LogP contribution in [0, 0.1) is 5.92 Å². The summed E-state index contributed by atoms with van der Waals surface area (Å²) >= 11 is 1.45. The molecule has 2 heteroatoms. The first-order valence-corrected chi connectivity index (χ1v) is 3.49. The second kappa shape index (κ2) is 1.86. The zero-order valence-electron chi connectivity index (χ0n) is 4.31. The predicted molar refractivity (Wildman–Crippen MR) is 31.2 cm³/mol. The number of carbonyl (C=O) groups is 1. The van der Waals surface area contributed by atoms with E-state index < -0.39 is 0 Å². The summed E-state index contributed by atoms with van der Waals surface area (Å²) in [6, 6.07) is 0. The summed E-state index contributed by atoms with van der Waals surface area (Å²) in [6.45, 7) is 2.06. The third-order valence-corrected chi connectivity index (χ3v) is 2.44. The van der Waals surface area contributed by atoms with Crippen LogP contribution in [0.3, 0.4) is 0 Å². The summed E-state index contributed by atoms with van der Waals surface area (Å²) < 4.78 is 0. The number of rotatable bonds is 1. The van der Waals surface area contributed by atoms with Crippen LogP contribution in [-0.2, 0) is 4.79 Å². The minimum atomic E-state index is 0.391. The molecule has 0 saturated carbocycles. The number of hydrogen-bond donors (Lipinski definition) is 0. The predicted octanol–water partition coefficient (Wildman–Crippen LogP) is 1.29. The molecule has 7 heavy (non-hydrogen) atoms. The van der Waals surface area contributed by atoms with Crippen molar-refractivity contribution >= 4 is 16.9 Å². The van der Waals surface area contributed by atoms with Gasteiger partial charge in [-0.2, -0.15) is 0 Å². The molecule has 1 saturated heterocycles. The largest absolute Gasteiger partial charge is 0.287 e. The molecule has 1 atom stereocenters. The monoisotopic (exact) mass is 116 g/mol. The van der Waals surface area contributed by atoms with Gasteiger partial charge in [0, 0.05) is 11.7 Å². The van der Waals surface area contributed by atoms with Gasteiger partial charge in [-0.05, 0) is 6.42 Å². The van der Waals surface area contributed by atoms with Gasteiger partial charge in [-0.15, -0.1) is 0 Å². The van der Waals surface area contributed by atoms with E-state index in [9.17, 15) is 4.79 Å². The molecule has 1 aliphatic heterocycles. The van der Waals surface area contributed by atoms with Gasteiger partial charge in [0.25, 0.3) is 0 Å². The molecule has 0 aromatic heterocycles. The normalized spacial score (nSPS) is 29.9. The molecule has 1 rings (SSSR count). The van der Waals surface area contributed by atoms with Crippen LogP contribution in [0.15, 0.2) is 0 Å². The fourth-order valence-electron chi connectivity index (χ4n) is 0.554. The molecule has 0 spiro atoms. The van der Waals surface area contributed by atoms with Crippen molar-refractivity contribution in [3.8, 4) is 0 Å². The molecule has 1 heterocycles. The van der Waals surface area contributed by atoms with Crippen LogP contribution in [0.2, 0.25) is 0 Å². The first-order chi connectivity index (χ1) is 3.34. The van der Waals surface area contributed by atoms with Crippen molar-refractivity contribution in [2.45, 2.75) is 13.3 Å². The Morgan fingerprint density at radius 1 is 2.00 bits per heavy atom. The minimum Gasteiger partial charge on any atom is -0.287 e. The first kappa shape index (κ1) is 5.16. The number of hydrogen-bond acceptors (Lipinski definition) is 2. The van der Waals surface area contributed by atoms with Gasteiger partial charge in [-0.3, -0.25) is 4.79 Å². The second-order valence-corrected chi connectivity index (χ2v) is 2.76. The van der Waals surface area contributed by atoms with Gasteiger partial charge in [0.15, 0.2) is 5.12 Å². The van der Waals surface area contributed by atoms with Crippen LogP contribution < -0.4 is 0 Å². The Morgan fingerprint density at radius 3 is 2.71 bits per heavy atom. The van der Waals surface area contributed by atoms with E-state index in [4.69, 9.17) is 0 Å². The molecule has 1 fully saturated rings. The third kappa shape index (κ3) is 0.801. The zero-order chi connectivity index (χ0) is 5.28. The van der Waals surface area contributed by atoms with Crippen molar-refractivity contribution in [3.63, 3.8) is 0 Å². The number of carbonyl (C=O) groups excluding carboxylic acids is 1. The van der Waals surface area contributed by atoms with E-state index in [0.29, 0.717) is 11.0 Å². The first-order valence-electron chi connectivity index (χ1n) is 2.51. The Morgan fingerprint density at radius 2 is 2.71 bits per heavy atom. The van der Waals surface area contributed by atoms with Gasteiger partial charge in [0.05, 0.1) is 0 Å². The summed E-state index contributed by atoms with van der Waals surface area (Å²) in [5.74, 6) is 1.47. The van der Waals surface area contributed by atoms with Gasteiger partial charge in [-0.1, -0.05) is 18.7 Å². The standard InChI is InChI=1S/C5H8OS/c1-2-4-3-7-5(4)6/h4H,2-3H2,1H3. The molecule has 0 aliphatic carbocycles. The van der Waals surface area contributed by atoms with E-state index >= 15 is 0 Å². The van der Waals surface area contributed by atoms with Crippen LogP contribution >= 0.6 is 11.8 Å². The molecule has 1 aliphatic rings. The molecule has 0 N–H and O–H groups in total. The molecule has 0 bridgehead atoms. The lowest BCUT2D eigenvalue weighted by molar-refractivity contribution is -0.115. The maximum Gasteiger partial charge on any atom is 0.192 e. The molecular formula is C5H8OS. The summed E-state index contributed by atoms with van der Waals surface area (Å²) in [6.07, 6.45) is 1.03. The van der Waals surface area contributed by atoms with E-state index in [2.05, 4.69) is 6.92 Å². The van der Waals surface area contributed by atoms with Gasteiger partial charge >= 0.3 is 0 Å². The minimum absolute atomic E-state index is 0.391. The molecule has 0 aromatic rings. The van der Waals surface area contributed by atoms with Gasteiger partial charge in [0.2, 0.25) is 0 Å². The van der Waals surface area contributed by atoms with Crippen molar-refractivity contribution in [3.05, 3.63) is 0 Å². The van der Waals surface area contributed by atoms with Crippen molar-refractivity contribution in [1.29, 1.82) is 0 Å². The Bertz CT molecular complexity index is 88.1. The van der Waals surface area contributed by atoms with Gasteiger partial charge in [0.1, 0.15) is 0 Å². The lowest BCUT2D eigenvalue weighted by Crippen LogP contribution is -2.23. The lowest BCUT2D eigenvalue weighted by Gasteiger charge is -2.20. The molecule has 1 unspecified atom stereocenters. The summed E-state index contributed by atoms with van der Waals surface area (Å²) in [5.41, 5.74) is 0. The fourth-order valence-corrected chi connectivity index (χ4v) is 1.49. The lowest BCUT2D eigenvalue weighted by atomic mass is 10.1. The Kier molecular flexibility index (Phi) is 1.38. The zero-order valence-corrected chi connectivity index (χ0v) is 5.12. The topological polar surface area (TPSA) is 17.1 Å². The average molecular weight is 116 g/mol. The molecule has 0 radical (unpaired) electrons. The van der Waals surface area contributed by atoms with E-state index in [1.165, 1.54) is 11.8 Å². The van der Waals surface area contributed by atoms with Crippen LogP contribution in [0.4, 0.5) is 0 Å². The second-order valence-electron chi connectivity index (χ2n) is 1.74. The quantitative estimate of drug-likeness (QED) is 0.513.